The second-order valence-electron chi connectivity index (χ2n) is 8.72. The molecule has 4 aromatic rings. The first kappa shape index (κ1) is 20.1. The van der Waals surface area contributed by atoms with Gasteiger partial charge in [-0.3, -0.25) is 4.90 Å². The average Bonchev–Trinajstić information content (AvgIpc) is 3.47. The molecule has 2 aliphatic heterocycles. The number of piperazine rings is 1. The van der Waals surface area contributed by atoms with Gasteiger partial charge in [-0.1, -0.05) is 12.1 Å². The molecule has 0 spiro atoms. The van der Waals surface area contributed by atoms with E-state index in [0.29, 0.717) is 0 Å². The number of H-pyrrole nitrogens is 1. The van der Waals surface area contributed by atoms with Crippen LogP contribution in [0.4, 0.5) is 5.82 Å². The molecular weight excluding hydrogens is 420 g/mol. The van der Waals surface area contributed by atoms with Gasteiger partial charge in [-0.2, -0.15) is 0 Å². The summed E-state index contributed by atoms with van der Waals surface area (Å²) in [5, 5.41) is 1.16. The Morgan fingerprint density at radius 3 is 2.72 bits per heavy atom. The van der Waals surface area contributed by atoms with Gasteiger partial charge in [0.05, 0.1) is 23.4 Å². The Kier molecular flexibility index (Phi) is 5.30. The van der Waals surface area contributed by atoms with Crippen LogP contribution in [-0.4, -0.2) is 84.3 Å². The fraction of sp³-hybridized carbons (Fsp3) is 0.417. The van der Waals surface area contributed by atoms with Crippen LogP contribution >= 0.6 is 11.3 Å². The minimum atomic E-state index is 0.744. The van der Waals surface area contributed by atoms with E-state index in [4.69, 9.17) is 14.7 Å². The third kappa shape index (κ3) is 3.77. The quantitative estimate of drug-likeness (QED) is 0.516. The van der Waals surface area contributed by atoms with Crippen molar-refractivity contribution in [3.8, 4) is 11.4 Å². The standard InChI is InChI=1S/C24H28N6OS/c1-28-7-9-29(10-8-28)16-17-15-21-22(32-17)24(30-11-13-31-14-12-30)27-23(26-21)19-3-2-4-20-18(19)5-6-25-20/h2-6,15,25H,7-14,16H2,1H3. The van der Waals surface area contributed by atoms with Crippen molar-refractivity contribution in [2.45, 2.75) is 6.54 Å². The Morgan fingerprint density at radius 2 is 1.88 bits per heavy atom. The monoisotopic (exact) mass is 448 g/mol. The van der Waals surface area contributed by atoms with Crippen LogP contribution in [0.3, 0.4) is 0 Å². The van der Waals surface area contributed by atoms with Crippen LogP contribution < -0.4 is 4.90 Å². The maximum absolute atomic E-state index is 5.61. The number of likely N-dealkylation sites (N-methyl/N-ethyl adjacent to an activating group) is 1. The summed E-state index contributed by atoms with van der Waals surface area (Å²) in [7, 11) is 2.20. The Bertz CT molecular complexity index is 1240. The zero-order chi connectivity index (χ0) is 21.5. The lowest BCUT2D eigenvalue weighted by Crippen LogP contribution is -2.43. The number of anilines is 1. The highest BCUT2D eigenvalue weighted by atomic mass is 32.1. The van der Waals surface area contributed by atoms with E-state index >= 15 is 0 Å². The van der Waals surface area contributed by atoms with Crippen LogP contribution in [0.5, 0.6) is 0 Å². The van der Waals surface area contributed by atoms with E-state index < -0.39 is 0 Å². The second-order valence-corrected chi connectivity index (χ2v) is 9.86. The van der Waals surface area contributed by atoms with E-state index in [2.05, 4.69) is 57.1 Å². The number of morpholine rings is 1. The van der Waals surface area contributed by atoms with Crippen LogP contribution in [0.1, 0.15) is 4.88 Å². The number of hydrogen-bond donors (Lipinski definition) is 1. The number of thiophene rings is 1. The summed E-state index contributed by atoms with van der Waals surface area (Å²) in [6.45, 7) is 8.71. The lowest BCUT2D eigenvalue weighted by atomic mass is 10.1. The van der Waals surface area contributed by atoms with E-state index in [1.165, 1.54) is 9.58 Å². The van der Waals surface area contributed by atoms with E-state index in [-0.39, 0.29) is 0 Å². The molecule has 6 rings (SSSR count). The number of aromatic nitrogens is 3. The van der Waals surface area contributed by atoms with E-state index in [9.17, 15) is 0 Å². The fourth-order valence-electron chi connectivity index (χ4n) is 4.66. The lowest BCUT2D eigenvalue weighted by Gasteiger charge is -2.31. The zero-order valence-corrected chi connectivity index (χ0v) is 19.2. The van der Waals surface area contributed by atoms with Gasteiger partial charge in [0.2, 0.25) is 0 Å². The summed E-state index contributed by atoms with van der Waals surface area (Å²) in [6, 6.07) is 10.7. The molecule has 2 aliphatic rings. The van der Waals surface area contributed by atoms with Crippen molar-refractivity contribution in [1.29, 1.82) is 0 Å². The van der Waals surface area contributed by atoms with Crippen LogP contribution in [0.2, 0.25) is 0 Å². The number of benzene rings is 1. The summed E-state index contributed by atoms with van der Waals surface area (Å²) < 4.78 is 6.81. The summed E-state index contributed by atoms with van der Waals surface area (Å²) in [5.74, 6) is 1.85. The number of aromatic amines is 1. The topological polar surface area (TPSA) is 60.5 Å². The largest absolute Gasteiger partial charge is 0.378 e. The third-order valence-corrected chi connectivity index (χ3v) is 7.63. The molecule has 2 saturated heterocycles. The smallest absolute Gasteiger partial charge is 0.162 e. The first-order valence-electron chi connectivity index (χ1n) is 11.4. The molecule has 1 N–H and O–H groups in total. The van der Waals surface area contributed by atoms with Gasteiger partial charge in [-0.05, 0) is 25.2 Å². The summed E-state index contributed by atoms with van der Waals surface area (Å²) in [6.07, 6.45) is 1.98. The number of hydrogen-bond acceptors (Lipinski definition) is 7. The van der Waals surface area contributed by atoms with Gasteiger partial charge in [-0.15, -0.1) is 11.3 Å². The molecule has 0 aliphatic carbocycles. The van der Waals surface area contributed by atoms with Gasteiger partial charge in [0, 0.05) is 73.4 Å². The van der Waals surface area contributed by atoms with E-state index in [1.807, 2.05) is 17.5 Å². The molecule has 0 saturated carbocycles. The lowest BCUT2D eigenvalue weighted by molar-refractivity contribution is 0.122. The molecule has 7 nitrogen and oxygen atoms in total. The molecule has 0 atom stereocenters. The first-order valence-corrected chi connectivity index (χ1v) is 12.2. The zero-order valence-electron chi connectivity index (χ0n) is 18.4. The van der Waals surface area contributed by atoms with Crippen molar-refractivity contribution >= 4 is 38.3 Å². The molecule has 0 unspecified atom stereocenters. The Labute approximate surface area is 191 Å². The van der Waals surface area contributed by atoms with Gasteiger partial charge in [0.25, 0.3) is 0 Å². The van der Waals surface area contributed by atoms with Crippen molar-refractivity contribution in [3.63, 3.8) is 0 Å². The second kappa shape index (κ2) is 8.44. The van der Waals surface area contributed by atoms with Crippen molar-refractivity contribution in [2.24, 2.45) is 0 Å². The number of nitrogens with one attached hydrogen (secondary N) is 1. The number of fused-ring (bicyclic) bond motifs is 2. The predicted molar refractivity (Wildman–Crippen MR) is 131 cm³/mol. The molecule has 1 aromatic carbocycles. The maximum atomic E-state index is 5.61. The van der Waals surface area contributed by atoms with Crippen molar-refractivity contribution in [3.05, 3.63) is 41.4 Å². The van der Waals surface area contributed by atoms with Gasteiger partial charge < -0.3 is 19.5 Å². The van der Waals surface area contributed by atoms with Crippen LogP contribution in [0.15, 0.2) is 36.5 Å². The van der Waals surface area contributed by atoms with E-state index in [0.717, 1.165) is 92.7 Å². The van der Waals surface area contributed by atoms with Gasteiger partial charge in [-0.25, -0.2) is 9.97 Å². The number of rotatable bonds is 4. The molecule has 166 valence electrons. The van der Waals surface area contributed by atoms with Crippen molar-refractivity contribution in [2.75, 3.05) is 64.4 Å². The van der Waals surface area contributed by atoms with Crippen molar-refractivity contribution < 1.29 is 4.74 Å². The van der Waals surface area contributed by atoms with Crippen molar-refractivity contribution in [1.82, 2.24) is 24.8 Å². The summed E-state index contributed by atoms with van der Waals surface area (Å²) in [5.41, 5.74) is 3.24. The summed E-state index contributed by atoms with van der Waals surface area (Å²) >= 11 is 1.85. The first-order chi connectivity index (χ1) is 15.7. The normalized spacial score (nSPS) is 18.7. The SMILES string of the molecule is CN1CCN(Cc2cc3nc(-c4cccc5[nH]ccc45)nc(N4CCOCC4)c3s2)CC1. The molecule has 2 fully saturated rings. The van der Waals surface area contributed by atoms with Crippen LogP contribution in [-0.2, 0) is 11.3 Å². The Morgan fingerprint density at radius 1 is 1.03 bits per heavy atom. The van der Waals surface area contributed by atoms with E-state index in [1.54, 1.807) is 0 Å². The molecular formula is C24H28N6OS. The Balaban J connectivity index is 1.43. The van der Waals surface area contributed by atoms with Gasteiger partial charge in [0.1, 0.15) is 0 Å². The maximum Gasteiger partial charge on any atom is 0.162 e. The fourth-order valence-corrected chi connectivity index (χ4v) is 5.81. The molecule has 5 heterocycles. The van der Waals surface area contributed by atoms with Gasteiger partial charge in [0.15, 0.2) is 11.6 Å². The van der Waals surface area contributed by atoms with Crippen LogP contribution in [0.25, 0.3) is 32.5 Å². The summed E-state index contributed by atoms with van der Waals surface area (Å²) in [4.78, 5) is 22.2. The minimum absolute atomic E-state index is 0.744. The highest BCUT2D eigenvalue weighted by molar-refractivity contribution is 7.19. The highest BCUT2D eigenvalue weighted by Crippen LogP contribution is 2.36. The molecule has 0 bridgehead atoms. The molecule has 0 amide bonds. The molecule has 32 heavy (non-hydrogen) atoms. The number of nitrogens with zero attached hydrogens (tertiary/aromatic N) is 5. The third-order valence-electron chi connectivity index (χ3n) is 6.53. The predicted octanol–water partition coefficient (Wildman–Crippen LogP) is 3.42. The average molecular weight is 449 g/mol. The molecule has 0 radical (unpaired) electrons. The molecule has 3 aromatic heterocycles. The number of ether oxygens (including phenoxy) is 1. The molecule has 8 heteroatoms. The minimum Gasteiger partial charge on any atom is -0.378 e. The Hall–Kier alpha value is -2.52. The highest BCUT2D eigenvalue weighted by Gasteiger charge is 2.22. The van der Waals surface area contributed by atoms with Crippen LogP contribution in [0, 0.1) is 0 Å². The van der Waals surface area contributed by atoms with Gasteiger partial charge >= 0.3 is 0 Å².